The van der Waals surface area contributed by atoms with Crippen LogP contribution in [-0.4, -0.2) is 16.1 Å². The Morgan fingerprint density at radius 3 is 2.28 bits per heavy atom. The smallest absolute Gasteiger partial charge is 0.418 e. The highest BCUT2D eigenvalue weighted by molar-refractivity contribution is 6.03. The van der Waals surface area contributed by atoms with Gasteiger partial charge in [-0.2, -0.15) is 13.2 Å². The van der Waals surface area contributed by atoms with Gasteiger partial charge in [-0.05, 0) is 47.4 Å². The monoisotopic (exact) mass is 526 g/mol. The van der Waals surface area contributed by atoms with E-state index >= 15 is 0 Å². The Hall–Kier alpha value is -4.65. The highest BCUT2D eigenvalue weighted by Gasteiger charge is 2.33. The zero-order chi connectivity index (χ0) is 27.6. The van der Waals surface area contributed by atoms with Crippen LogP contribution in [0.15, 0.2) is 103 Å². The number of carboxylic acids is 1. The normalized spacial score (nSPS) is 12.3. The molecule has 7 heteroatoms. The molecule has 1 atom stereocenters. The summed E-state index contributed by atoms with van der Waals surface area (Å²) in [6.07, 6.45) is -3.01. The molecule has 4 aromatic carbocycles. The third-order valence-corrected chi connectivity index (χ3v) is 6.79. The fraction of sp³-hybridized carbons (Fsp3) is 0.125. The van der Waals surface area contributed by atoms with Gasteiger partial charge >= 0.3 is 12.1 Å². The molecule has 0 spiro atoms. The Morgan fingerprint density at radius 1 is 0.897 bits per heavy atom. The number of nitrogens with zero attached hydrogens (tertiary/aromatic N) is 1. The van der Waals surface area contributed by atoms with E-state index in [1.807, 2.05) is 66.7 Å². The highest BCUT2D eigenvalue weighted by atomic mass is 19.4. The van der Waals surface area contributed by atoms with Crippen molar-refractivity contribution in [2.45, 2.75) is 25.6 Å². The molecule has 5 rings (SSSR count). The molecular weight excluding hydrogens is 501 g/mol. The predicted octanol–water partition coefficient (Wildman–Crippen LogP) is 8.39. The van der Waals surface area contributed by atoms with Crippen molar-refractivity contribution in [2.24, 2.45) is 0 Å². The van der Waals surface area contributed by atoms with Gasteiger partial charge in [0.25, 0.3) is 0 Å². The first kappa shape index (κ1) is 26.0. The van der Waals surface area contributed by atoms with Crippen molar-refractivity contribution in [1.82, 2.24) is 4.98 Å². The fourth-order valence-corrected chi connectivity index (χ4v) is 4.65. The van der Waals surface area contributed by atoms with Gasteiger partial charge in [0.15, 0.2) is 0 Å². The van der Waals surface area contributed by atoms with Gasteiger partial charge in [-0.3, -0.25) is 9.78 Å². The molecule has 39 heavy (non-hydrogen) atoms. The van der Waals surface area contributed by atoms with Crippen LogP contribution in [0.5, 0.6) is 0 Å². The third-order valence-electron chi connectivity index (χ3n) is 6.79. The molecule has 1 unspecified atom stereocenters. The molecule has 196 valence electrons. The third kappa shape index (κ3) is 5.48. The molecule has 0 bridgehead atoms. The first-order valence-corrected chi connectivity index (χ1v) is 12.4. The number of aliphatic carboxylic acids is 1. The number of hydrogen-bond donors (Lipinski definition) is 2. The van der Waals surface area contributed by atoms with E-state index in [0.29, 0.717) is 17.5 Å². The first-order valence-electron chi connectivity index (χ1n) is 12.4. The minimum absolute atomic E-state index is 0.0891. The van der Waals surface area contributed by atoms with Crippen molar-refractivity contribution in [3.8, 4) is 22.3 Å². The lowest BCUT2D eigenvalue weighted by atomic mass is 9.91. The number of para-hydroxylation sites is 1. The maximum Gasteiger partial charge on any atom is 0.418 e. The summed E-state index contributed by atoms with van der Waals surface area (Å²) in [5.41, 5.74) is 4.66. The van der Waals surface area contributed by atoms with Crippen molar-refractivity contribution in [3.05, 3.63) is 120 Å². The summed E-state index contributed by atoms with van der Waals surface area (Å²) >= 11 is 0. The van der Waals surface area contributed by atoms with E-state index in [-0.39, 0.29) is 5.52 Å². The molecule has 0 amide bonds. The first-order chi connectivity index (χ1) is 18.7. The zero-order valence-corrected chi connectivity index (χ0v) is 21.0. The molecule has 0 saturated carbocycles. The van der Waals surface area contributed by atoms with Crippen LogP contribution >= 0.6 is 0 Å². The maximum atomic E-state index is 13.8. The van der Waals surface area contributed by atoms with E-state index in [2.05, 4.69) is 10.3 Å². The quantitative estimate of drug-likeness (QED) is 0.224. The van der Waals surface area contributed by atoms with Crippen molar-refractivity contribution < 1.29 is 23.1 Å². The van der Waals surface area contributed by atoms with Crippen molar-refractivity contribution in [2.75, 3.05) is 5.32 Å². The molecule has 0 aliphatic heterocycles. The number of rotatable bonds is 7. The molecule has 5 aromatic rings. The number of carbonyl (C=O) groups is 1. The van der Waals surface area contributed by atoms with Crippen LogP contribution in [0.2, 0.25) is 0 Å². The number of benzene rings is 4. The summed E-state index contributed by atoms with van der Waals surface area (Å²) in [7, 11) is 0. The molecular formula is C32H25F3N2O2. The van der Waals surface area contributed by atoms with Gasteiger partial charge in [0.1, 0.15) is 0 Å². The van der Waals surface area contributed by atoms with Crippen molar-refractivity contribution in [3.63, 3.8) is 0 Å². The Kier molecular flexibility index (Phi) is 7.07. The predicted molar refractivity (Wildman–Crippen MR) is 147 cm³/mol. The second kappa shape index (κ2) is 10.6. The van der Waals surface area contributed by atoms with Crippen LogP contribution in [0.4, 0.5) is 18.9 Å². The average molecular weight is 527 g/mol. The molecule has 2 N–H and O–H groups in total. The fourth-order valence-electron chi connectivity index (χ4n) is 4.65. The molecule has 0 aliphatic rings. The van der Waals surface area contributed by atoms with Crippen molar-refractivity contribution in [1.29, 1.82) is 0 Å². The van der Waals surface area contributed by atoms with Crippen LogP contribution in [0.3, 0.4) is 0 Å². The van der Waals surface area contributed by atoms with Crippen LogP contribution in [0.1, 0.15) is 29.5 Å². The van der Waals surface area contributed by atoms with Crippen LogP contribution in [-0.2, 0) is 17.5 Å². The number of pyridine rings is 1. The topological polar surface area (TPSA) is 62.2 Å². The molecule has 0 fully saturated rings. The van der Waals surface area contributed by atoms with E-state index in [9.17, 15) is 23.1 Å². The second-order valence-corrected chi connectivity index (χ2v) is 9.35. The van der Waals surface area contributed by atoms with Crippen LogP contribution < -0.4 is 5.32 Å². The molecule has 0 radical (unpaired) electrons. The molecule has 1 aromatic heterocycles. The second-order valence-electron chi connectivity index (χ2n) is 9.35. The summed E-state index contributed by atoms with van der Waals surface area (Å²) in [6, 6.07) is 28.6. The van der Waals surface area contributed by atoms with Gasteiger partial charge in [-0.25, -0.2) is 0 Å². The lowest BCUT2D eigenvalue weighted by Crippen LogP contribution is -2.07. The average Bonchev–Trinajstić information content (AvgIpc) is 2.95. The molecule has 0 saturated heterocycles. The number of anilines is 1. The summed E-state index contributed by atoms with van der Waals surface area (Å²) in [5, 5.41) is 13.0. The maximum absolute atomic E-state index is 13.8. The number of halogens is 3. The Bertz CT molecular complexity index is 1630. The molecule has 1 heterocycles. The van der Waals surface area contributed by atoms with E-state index in [0.717, 1.165) is 39.6 Å². The van der Waals surface area contributed by atoms with E-state index in [1.54, 1.807) is 25.1 Å². The Balaban J connectivity index is 1.54. The summed E-state index contributed by atoms with van der Waals surface area (Å²) in [5.74, 6) is -1.46. The van der Waals surface area contributed by atoms with Gasteiger partial charge < -0.3 is 10.4 Å². The Morgan fingerprint density at radius 2 is 1.59 bits per heavy atom. The van der Waals surface area contributed by atoms with Gasteiger partial charge in [-0.1, -0.05) is 78.9 Å². The van der Waals surface area contributed by atoms with Gasteiger partial charge in [0.2, 0.25) is 0 Å². The standard InChI is InChI=1S/C32H25F3N2O2/c1-20(31(38)39)22-15-13-21(14-16-22)18-36-25-10-5-9-24(17-25)29-26-11-6-12-28(32(33,34)35)30(26)37-19-27(29)23-7-3-2-4-8-23/h2-17,19-20,36H,18H2,1H3,(H,38,39). The lowest BCUT2D eigenvalue weighted by molar-refractivity contribution is -0.138. The van der Waals surface area contributed by atoms with Crippen molar-refractivity contribution >= 4 is 22.6 Å². The number of nitrogens with one attached hydrogen (secondary N) is 1. The van der Waals surface area contributed by atoms with Gasteiger partial charge in [0.05, 0.1) is 17.0 Å². The molecule has 0 aliphatic carbocycles. The number of fused-ring (bicyclic) bond motifs is 1. The SMILES string of the molecule is CC(C(=O)O)c1ccc(CNc2cccc(-c3c(-c4ccccc4)cnc4c(C(F)(F)F)cccc34)c2)cc1. The summed E-state index contributed by atoms with van der Waals surface area (Å²) in [6.45, 7) is 2.14. The number of aromatic nitrogens is 1. The van der Waals surface area contributed by atoms with Gasteiger partial charge in [-0.15, -0.1) is 0 Å². The van der Waals surface area contributed by atoms with E-state index in [1.165, 1.54) is 12.3 Å². The highest BCUT2D eigenvalue weighted by Crippen LogP contribution is 2.41. The number of alkyl halides is 3. The Labute approximate surface area is 223 Å². The van der Waals surface area contributed by atoms with Gasteiger partial charge in [0, 0.05) is 34.9 Å². The zero-order valence-electron chi connectivity index (χ0n) is 21.0. The number of carboxylic acid groups (broad SMARTS) is 1. The minimum atomic E-state index is -4.53. The summed E-state index contributed by atoms with van der Waals surface area (Å²) < 4.78 is 41.5. The van der Waals surface area contributed by atoms with E-state index in [4.69, 9.17) is 0 Å². The minimum Gasteiger partial charge on any atom is -0.481 e. The van der Waals surface area contributed by atoms with E-state index < -0.39 is 23.6 Å². The lowest BCUT2D eigenvalue weighted by Gasteiger charge is -2.17. The largest absolute Gasteiger partial charge is 0.481 e. The molecule has 4 nitrogen and oxygen atoms in total. The number of hydrogen-bond acceptors (Lipinski definition) is 3. The summed E-state index contributed by atoms with van der Waals surface area (Å²) in [4.78, 5) is 15.5. The van der Waals surface area contributed by atoms with Crippen LogP contribution in [0, 0.1) is 0 Å². The van der Waals surface area contributed by atoms with Crippen LogP contribution in [0.25, 0.3) is 33.2 Å².